The Kier molecular flexibility index (Phi) is 4.68. The number of benzene rings is 1. The number of hydrogen-bond acceptors (Lipinski definition) is 4. The molecule has 124 valence electrons. The maximum absolute atomic E-state index is 13.9. The smallest absolute Gasteiger partial charge is 0.131 e. The van der Waals surface area contributed by atoms with Crippen LogP contribution in [-0.4, -0.2) is 44.2 Å². The Morgan fingerprint density at radius 1 is 1.26 bits per heavy atom. The van der Waals surface area contributed by atoms with Gasteiger partial charge in [-0.3, -0.25) is 4.90 Å². The summed E-state index contributed by atoms with van der Waals surface area (Å²) in [5.41, 5.74) is 0.745. The Morgan fingerprint density at radius 3 is 2.57 bits per heavy atom. The van der Waals surface area contributed by atoms with Crippen molar-refractivity contribution in [3.63, 3.8) is 0 Å². The van der Waals surface area contributed by atoms with E-state index >= 15 is 0 Å². The molecule has 1 fully saturated rings. The first-order chi connectivity index (χ1) is 11.0. The van der Waals surface area contributed by atoms with Gasteiger partial charge in [-0.1, -0.05) is 11.3 Å². The van der Waals surface area contributed by atoms with E-state index in [0.29, 0.717) is 6.54 Å². The van der Waals surface area contributed by atoms with Crippen LogP contribution >= 0.6 is 0 Å². The first-order valence-corrected chi connectivity index (χ1v) is 7.79. The van der Waals surface area contributed by atoms with Gasteiger partial charge in [-0.25, -0.2) is 13.5 Å². The SMILES string of the molecule is CC(c1c(F)cccc1F)n1cc(CN2CCC(O)CC2)nn1. The third-order valence-corrected chi connectivity index (χ3v) is 4.31. The fourth-order valence-electron chi connectivity index (χ4n) is 2.92. The van der Waals surface area contributed by atoms with E-state index in [2.05, 4.69) is 15.2 Å². The van der Waals surface area contributed by atoms with E-state index in [9.17, 15) is 13.9 Å². The summed E-state index contributed by atoms with van der Waals surface area (Å²) in [5, 5.41) is 17.6. The van der Waals surface area contributed by atoms with Crippen LogP contribution in [0.4, 0.5) is 8.78 Å². The number of aliphatic hydroxyl groups excluding tert-OH is 1. The summed E-state index contributed by atoms with van der Waals surface area (Å²) < 4.78 is 29.2. The molecule has 0 amide bonds. The van der Waals surface area contributed by atoms with Gasteiger partial charge in [0.2, 0.25) is 0 Å². The molecule has 0 aliphatic carbocycles. The number of rotatable bonds is 4. The molecule has 1 aliphatic heterocycles. The molecule has 1 aromatic carbocycles. The molecule has 0 radical (unpaired) electrons. The van der Waals surface area contributed by atoms with Crippen molar-refractivity contribution in [1.29, 1.82) is 0 Å². The van der Waals surface area contributed by atoms with E-state index in [1.54, 1.807) is 13.1 Å². The normalized spacial score (nSPS) is 18.3. The van der Waals surface area contributed by atoms with Crippen LogP contribution in [0.15, 0.2) is 24.4 Å². The van der Waals surface area contributed by atoms with Gasteiger partial charge in [0.05, 0.1) is 24.0 Å². The second kappa shape index (κ2) is 6.72. The first-order valence-electron chi connectivity index (χ1n) is 7.79. The molecular weight excluding hydrogens is 302 g/mol. The summed E-state index contributed by atoms with van der Waals surface area (Å²) >= 11 is 0. The topological polar surface area (TPSA) is 54.2 Å². The number of halogens is 2. The van der Waals surface area contributed by atoms with E-state index in [1.807, 2.05) is 0 Å². The number of aromatic nitrogens is 3. The maximum Gasteiger partial charge on any atom is 0.131 e. The van der Waals surface area contributed by atoms with E-state index in [-0.39, 0.29) is 11.7 Å². The van der Waals surface area contributed by atoms with Gasteiger partial charge in [-0.05, 0) is 31.9 Å². The molecular formula is C16H20F2N4O. The van der Waals surface area contributed by atoms with E-state index in [0.717, 1.165) is 31.6 Å². The molecule has 2 heterocycles. The van der Waals surface area contributed by atoms with Crippen molar-refractivity contribution in [3.05, 3.63) is 47.3 Å². The van der Waals surface area contributed by atoms with Crippen LogP contribution in [0.1, 0.15) is 37.1 Å². The second-order valence-electron chi connectivity index (χ2n) is 6.01. The molecule has 1 saturated heterocycles. The summed E-state index contributed by atoms with van der Waals surface area (Å²) in [6.07, 6.45) is 3.02. The molecule has 1 unspecified atom stereocenters. The zero-order valence-electron chi connectivity index (χ0n) is 13.0. The lowest BCUT2D eigenvalue weighted by Crippen LogP contribution is -2.35. The third kappa shape index (κ3) is 3.56. The summed E-state index contributed by atoms with van der Waals surface area (Å²) in [6.45, 7) is 3.94. The zero-order chi connectivity index (χ0) is 16.4. The highest BCUT2D eigenvalue weighted by Gasteiger charge is 2.21. The maximum atomic E-state index is 13.9. The Labute approximate surface area is 133 Å². The molecule has 2 aromatic rings. The van der Waals surface area contributed by atoms with Gasteiger partial charge in [0.15, 0.2) is 0 Å². The van der Waals surface area contributed by atoms with Crippen molar-refractivity contribution in [3.8, 4) is 0 Å². The summed E-state index contributed by atoms with van der Waals surface area (Å²) in [7, 11) is 0. The lowest BCUT2D eigenvalue weighted by molar-refractivity contribution is 0.0786. The van der Waals surface area contributed by atoms with Crippen molar-refractivity contribution in [1.82, 2.24) is 19.9 Å². The van der Waals surface area contributed by atoms with E-state index < -0.39 is 17.7 Å². The highest BCUT2D eigenvalue weighted by molar-refractivity contribution is 5.23. The lowest BCUT2D eigenvalue weighted by atomic mass is 10.1. The molecule has 5 nitrogen and oxygen atoms in total. The highest BCUT2D eigenvalue weighted by atomic mass is 19.1. The van der Waals surface area contributed by atoms with Gasteiger partial charge in [0.1, 0.15) is 11.6 Å². The van der Waals surface area contributed by atoms with Gasteiger partial charge in [-0.15, -0.1) is 5.10 Å². The van der Waals surface area contributed by atoms with Crippen molar-refractivity contribution in [2.75, 3.05) is 13.1 Å². The van der Waals surface area contributed by atoms with Crippen LogP contribution in [0.25, 0.3) is 0 Å². The highest BCUT2D eigenvalue weighted by Crippen LogP contribution is 2.23. The third-order valence-electron chi connectivity index (χ3n) is 4.31. The number of hydrogen-bond donors (Lipinski definition) is 1. The largest absolute Gasteiger partial charge is 0.393 e. The second-order valence-corrected chi connectivity index (χ2v) is 6.01. The standard InChI is InChI=1S/C16H20F2N4O/c1-11(16-14(17)3-2-4-15(16)18)22-10-12(19-20-22)9-21-7-5-13(23)6-8-21/h2-4,10-11,13,23H,5-9H2,1H3. The minimum atomic E-state index is -0.584. The van der Waals surface area contributed by atoms with Crippen LogP contribution in [0.5, 0.6) is 0 Å². The summed E-state index contributed by atoms with van der Waals surface area (Å²) in [5.74, 6) is -1.17. The predicted octanol–water partition coefficient (Wildman–Crippen LogP) is 2.12. The van der Waals surface area contributed by atoms with Crippen LogP contribution in [0.3, 0.4) is 0 Å². The van der Waals surface area contributed by atoms with Crippen LogP contribution in [0, 0.1) is 11.6 Å². The minimum Gasteiger partial charge on any atom is -0.393 e. The quantitative estimate of drug-likeness (QED) is 0.937. The summed E-state index contributed by atoms with van der Waals surface area (Å²) in [6, 6.07) is 3.26. The van der Waals surface area contributed by atoms with Crippen molar-refractivity contribution >= 4 is 0 Å². The minimum absolute atomic E-state index is 0.00922. The number of piperidine rings is 1. The monoisotopic (exact) mass is 322 g/mol. The van der Waals surface area contributed by atoms with Gasteiger partial charge in [-0.2, -0.15) is 0 Å². The molecule has 0 saturated carbocycles. The average Bonchev–Trinajstić information content (AvgIpc) is 2.98. The Morgan fingerprint density at radius 2 is 1.91 bits per heavy atom. The molecule has 1 atom stereocenters. The fraction of sp³-hybridized carbons (Fsp3) is 0.500. The van der Waals surface area contributed by atoms with Crippen molar-refractivity contribution in [2.45, 2.75) is 38.5 Å². The number of nitrogens with zero attached hydrogens (tertiary/aromatic N) is 4. The van der Waals surface area contributed by atoms with Crippen LogP contribution in [0.2, 0.25) is 0 Å². The van der Waals surface area contributed by atoms with Crippen LogP contribution < -0.4 is 0 Å². The fourth-order valence-corrected chi connectivity index (χ4v) is 2.92. The molecule has 1 aromatic heterocycles. The van der Waals surface area contributed by atoms with Gasteiger partial charge >= 0.3 is 0 Å². The summed E-state index contributed by atoms with van der Waals surface area (Å²) in [4.78, 5) is 2.19. The van der Waals surface area contributed by atoms with Gasteiger partial charge in [0, 0.05) is 25.2 Å². The van der Waals surface area contributed by atoms with Gasteiger partial charge in [0.25, 0.3) is 0 Å². The molecule has 0 bridgehead atoms. The predicted molar refractivity (Wildman–Crippen MR) is 80.7 cm³/mol. The first kappa shape index (κ1) is 16.0. The molecule has 0 spiro atoms. The molecule has 3 rings (SSSR count). The zero-order valence-corrected chi connectivity index (χ0v) is 13.0. The number of aliphatic hydroxyl groups is 1. The molecule has 23 heavy (non-hydrogen) atoms. The van der Waals surface area contributed by atoms with E-state index in [1.165, 1.54) is 22.9 Å². The lowest BCUT2D eigenvalue weighted by Gasteiger charge is -2.28. The Bertz CT molecular complexity index is 648. The number of likely N-dealkylation sites (tertiary alicyclic amines) is 1. The Balaban J connectivity index is 1.71. The van der Waals surface area contributed by atoms with Crippen molar-refractivity contribution < 1.29 is 13.9 Å². The molecule has 1 N–H and O–H groups in total. The van der Waals surface area contributed by atoms with Crippen molar-refractivity contribution in [2.24, 2.45) is 0 Å². The van der Waals surface area contributed by atoms with Gasteiger partial charge < -0.3 is 5.11 Å². The Hall–Kier alpha value is -1.86. The molecule has 1 aliphatic rings. The van der Waals surface area contributed by atoms with Crippen LogP contribution in [-0.2, 0) is 6.54 Å². The average molecular weight is 322 g/mol. The molecule has 7 heteroatoms. The van der Waals surface area contributed by atoms with E-state index in [4.69, 9.17) is 0 Å².